The van der Waals surface area contributed by atoms with Gasteiger partial charge in [-0.3, -0.25) is 4.79 Å². The Balaban J connectivity index is 1.58. The summed E-state index contributed by atoms with van der Waals surface area (Å²) in [6, 6.07) is 6.58. The van der Waals surface area contributed by atoms with Crippen molar-refractivity contribution in [2.24, 2.45) is 5.92 Å². The molecule has 0 aromatic heterocycles. The van der Waals surface area contributed by atoms with Crippen molar-refractivity contribution in [3.8, 4) is 0 Å². The van der Waals surface area contributed by atoms with Crippen LogP contribution < -0.4 is 0 Å². The molecule has 1 amide bonds. The Kier molecular flexibility index (Phi) is 4.78. The number of likely N-dealkylation sites (N-methyl/N-ethyl adjacent to an activating group) is 1. The molecule has 1 saturated heterocycles. The van der Waals surface area contributed by atoms with Crippen LogP contribution in [0.4, 0.5) is 4.39 Å². The lowest BCUT2D eigenvalue weighted by molar-refractivity contribution is -0.132. The van der Waals surface area contributed by atoms with E-state index in [1.165, 1.54) is 12.1 Å². The highest BCUT2D eigenvalue weighted by Gasteiger charge is 2.32. The molecule has 2 aliphatic rings. The van der Waals surface area contributed by atoms with Gasteiger partial charge in [0.1, 0.15) is 5.82 Å². The van der Waals surface area contributed by atoms with E-state index in [1.807, 2.05) is 24.1 Å². The molecule has 2 heterocycles. The van der Waals surface area contributed by atoms with Crippen LogP contribution in [0.1, 0.15) is 18.4 Å². The number of rotatable bonds is 3. The van der Waals surface area contributed by atoms with Crippen LogP contribution in [0, 0.1) is 11.7 Å². The normalized spacial score (nSPS) is 25.5. The highest BCUT2D eigenvalue weighted by Crippen LogP contribution is 2.25. The van der Waals surface area contributed by atoms with Crippen molar-refractivity contribution in [1.29, 1.82) is 0 Å². The highest BCUT2D eigenvalue weighted by molar-refractivity contribution is 5.78. The molecule has 0 saturated carbocycles. The molecule has 1 fully saturated rings. The molecule has 1 aromatic carbocycles. The molecular formula is C18H23FN2O2. The fourth-order valence-electron chi connectivity index (χ4n) is 3.46. The number of halogens is 1. The third-order valence-corrected chi connectivity index (χ3v) is 4.78. The van der Waals surface area contributed by atoms with Gasteiger partial charge in [-0.05, 0) is 36.7 Å². The minimum Gasteiger partial charge on any atom is -0.391 e. The molecule has 23 heavy (non-hydrogen) atoms. The maximum atomic E-state index is 13.3. The Bertz CT molecular complexity index is 617. The molecule has 1 N–H and O–H groups in total. The number of amides is 1. The van der Waals surface area contributed by atoms with E-state index in [1.54, 1.807) is 6.07 Å². The molecule has 2 aliphatic heterocycles. The maximum absolute atomic E-state index is 13.3. The van der Waals surface area contributed by atoms with Crippen molar-refractivity contribution in [2.45, 2.75) is 18.9 Å². The van der Waals surface area contributed by atoms with Crippen molar-refractivity contribution >= 4 is 11.5 Å². The standard InChI is InChI=1S/C18H23FN2O2/c1-20-11-15(17(22)12-20)10-18(23)21-7-5-13(6-8-21)14-3-2-4-16(19)9-14/h2-5,9,15,17,22H,6-8,10-12H2,1H3/t15-,17-/m1/s1. The van der Waals surface area contributed by atoms with Crippen molar-refractivity contribution in [3.05, 3.63) is 41.7 Å². The van der Waals surface area contributed by atoms with E-state index in [0.29, 0.717) is 26.1 Å². The van der Waals surface area contributed by atoms with Crippen molar-refractivity contribution in [2.75, 3.05) is 33.2 Å². The Morgan fingerprint density at radius 2 is 2.22 bits per heavy atom. The van der Waals surface area contributed by atoms with Gasteiger partial charge in [0.2, 0.25) is 5.91 Å². The number of benzene rings is 1. The van der Waals surface area contributed by atoms with E-state index in [4.69, 9.17) is 0 Å². The highest BCUT2D eigenvalue weighted by atomic mass is 19.1. The minimum atomic E-state index is -0.410. The van der Waals surface area contributed by atoms with E-state index >= 15 is 0 Å². The smallest absolute Gasteiger partial charge is 0.223 e. The van der Waals surface area contributed by atoms with Crippen LogP contribution in [0.15, 0.2) is 30.3 Å². The average Bonchev–Trinajstić information content (AvgIpc) is 2.85. The zero-order chi connectivity index (χ0) is 16.4. The van der Waals surface area contributed by atoms with E-state index in [2.05, 4.69) is 4.90 Å². The predicted octanol–water partition coefficient (Wildman–Crippen LogP) is 1.75. The number of likely N-dealkylation sites (tertiary alicyclic amines) is 1. The fourth-order valence-corrected chi connectivity index (χ4v) is 3.46. The van der Waals surface area contributed by atoms with E-state index in [0.717, 1.165) is 24.1 Å². The molecule has 124 valence electrons. The zero-order valence-electron chi connectivity index (χ0n) is 13.4. The molecule has 0 unspecified atom stereocenters. The number of carbonyl (C=O) groups is 1. The second kappa shape index (κ2) is 6.81. The molecule has 2 atom stereocenters. The van der Waals surface area contributed by atoms with Gasteiger partial charge in [-0.2, -0.15) is 0 Å². The molecule has 5 heteroatoms. The number of hydrogen-bond acceptors (Lipinski definition) is 3. The number of β-amino-alcohol motifs (C(OH)–C–C–N with tert-alkyl or cyclic N) is 1. The van der Waals surface area contributed by atoms with Gasteiger partial charge >= 0.3 is 0 Å². The van der Waals surface area contributed by atoms with Crippen molar-refractivity contribution in [1.82, 2.24) is 9.80 Å². The molecule has 4 nitrogen and oxygen atoms in total. The van der Waals surface area contributed by atoms with Gasteiger partial charge in [-0.25, -0.2) is 4.39 Å². The Hall–Kier alpha value is -1.72. The Morgan fingerprint density at radius 1 is 1.39 bits per heavy atom. The van der Waals surface area contributed by atoms with Gasteiger partial charge < -0.3 is 14.9 Å². The summed E-state index contributed by atoms with van der Waals surface area (Å²) < 4.78 is 13.3. The van der Waals surface area contributed by atoms with Gasteiger partial charge in [0.15, 0.2) is 0 Å². The molecule has 1 aromatic rings. The van der Waals surface area contributed by atoms with Gasteiger partial charge in [0.05, 0.1) is 6.10 Å². The number of nitrogens with zero attached hydrogens (tertiary/aromatic N) is 2. The van der Waals surface area contributed by atoms with Crippen LogP contribution in [0.5, 0.6) is 0 Å². The van der Waals surface area contributed by atoms with Gasteiger partial charge in [0.25, 0.3) is 0 Å². The number of aliphatic hydroxyl groups is 1. The number of hydrogen-bond donors (Lipinski definition) is 1. The quantitative estimate of drug-likeness (QED) is 0.923. The first-order valence-corrected chi connectivity index (χ1v) is 8.12. The van der Waals surface area contributed by atoms with Gasteiger partial charge in [-0.15, -0.1) is 0 Å². The summed E-state index contributed by atoms with van der Waals surface area (Å²) in [6.45, 7) is 2.62. The third kappa shape index (κ3) is 3.79. The topological polar surface area (TPSA) is 43.8 Å². The van der Waals surface area contributed by atoms with Crippen molar-refractivity contribution in [3.63, 3.8) is 0 Å². The van der Waals surface area contributed by atoms with Crippen LogP contribution in [0.2, 0.25) is 0 Å². The second-order valence-electron chi connectivity index (χ2n) is 6.58. The zero-order valence-corrected chi connectivity index (χ0v) is 13.4. The van der Waals surface area contributed by atoms with Crippen LogP contribution in [-0.4, -0.2) is 60.1 Å². The first kappa shape index (κ1) is 16.1. The fraction of sp³-hybridized carbons (Fsp3) is 0.500. The van der Waals surface area contributed by atoms with Crippen LogP contribution >= 0.6 is 0 Å². The molecule has 0 spiro atoms. The molecule has 3 rings (SSSR count). The molecule has 0 radical (unpaired) electrons. The molecule has 0 aliphatic carbocycles. The lowest BCUT2D eigenvalue weighted by Crippen LogP contribution is -2.37. The minimum absolute atomic E-state index is 0.0288. The van der Waals surface area contributed by atoms with Crippen LogP contribution in [-0.2, 0) is 4.79 Å². The lowest BCUT2D eigenvalue weighted by Gasteiger charge is -2.28. The first-order valence-electron chi connectivity index (χ1n) is 8.12. The van der Waals surface area contributed by atoms with Crippen molar-refractivity contribution < 1.29 is 14.3 Å². The Labute approximate surface area is 136 Å². The van der Waals surface area contributed by atoms with E-state index < -0.39 is 6.10 Å². The summed E-state index contributed by atoms with van der Waals surface area (Å²) in [7, 11) is 1.96. The van der Waals surface area contributed by atoms with Crippen LogP contribution in [0.3, 0.4) is 0 Å². The second-order valence-corrected chi connectivity index (χ2v) is 6.58. The first-order chi connectivity index (χ1) is 11.0. The molecule has 0 bridgehead atoms. The summed E-state index contributed by atoms with van der Waals surface area (Å²) in [5, 5.41) is 9.96. The van der Waals surface area contributed by atoms with Gasteiger partial charge in [0, 0.05) is 38.5 Å². The molecular weight excluding hydrogens is 295 g/mol. The van der Waals surface area contributed by atoms with Gasteiger partial charge in [-0.1, -0.05) is 18.2 Å². The van der Waals surface area contributed by atoms with Crippen LogP contribution in [0.25, 0.3) is 5.57 Å². The maximum Gasteiger partial charge on any atom is 0.223 e. The SMILES string of the molecule is CN1C[C@@H](CC(=O)N2CC=C(c3cccc(F)c3)CC2)[C@H](O)C1. The monoisotopic (exact) mass is 318 g/mol. The summed E-state index contributed by atoms with van der Waals surface area (Å²) >= 11 is 0. The Morgan fingerprint density at radius 3 is 2.83 bits per heavy atom. The summed E-state index contributed by atoms with van der Waals surface area (Å²) in [4.78, 5) is 16.3. The lowest BCUT2D eigenvalue weighted by atomic mass is 9.97. The summed E-state index contributed by atoms with van der Waals surface area (Å²) in [5.41, 5.74) is 1.99. The summed E-state index contributed by atoms with van der Waals surface area (Å²) in [6.07, 6.45) is 2.73. The largest absolute Gasteiger partial charge is 0.391 e. The average molecular weight is 318 g/mol. The number of carbonyl (C=O) groups excluding carboxylic acids is 1. The summed E-state index contributed by atoms with van der Waals surface area (Å²) in [5.74, 6) is -0.110. The third-order valence-electron chi connectivity index (χ3n) is 4.78. The van der Waals surface area contributed by atoms with E-state index in [9.17, 15) is 14.3 Å². The predicted molar refractivity (Wildman–Crippen MR) is 87.2 cm³/mol. The van der Waals surface area contributed by atoms with E-state index in [-0.39, 0.29) is 17.6 Å². The number of aliphatic hydroxyl groups excluding tert-OH is 1.